The van der Waals surface area contributed by atoms with Crippen molar-refractivity contribution in [2.75, 3.05) is 0 Å². The summed E-state index contributed by atoms with van der Waals surface area (Å²) >= 11 is 0. The van der Waals surface area contributed by atoms with E-state index in [9.17, 15) is 9.59 Å². The second kappa shape index (κ2) is 7.18. The summed E-state index contributed by atoms with van der Waals surface area (Å²) in [4.78, 5) is 22.3. The second-order valence-corrected chi connectivity index (χ2v) is 5.88. The molecule has 0 aliphatic heterocycles. The Bertz CT molecular complexity index is 498. The van der Waals surface area contributed by atoms with E-state index in [1.165, 1.54) is 0 Å². The normalized spacial score (nSPS) is 11.1. The van der Waals surface area contributed by atoms with Gasteiger partial charge < -0.3 is 11.6 Å². The summed E-state index contributed by atoms with van der Waals surface area (Å²) in [7, 11) is 0. The van der Waals surface area contributed by atoms with E-state index in [0.717, 1.165) is 5.56 Å². The molecule has 4 nitrogen and oxygen atoms in total. The molecule has 0 atom stereocenters. The first-order valence-electron chi connectivity index (χ1n) is 6.13. The quantitative estimate of drug-likeness (QED) is 0.607. The van der Waals surface area contributed by atoms with Crippen molar-refractivity contribution in [1.29, 1.82) is 0 Å². The van der Waals surface area contributed by atoms with Gasteiger partial charge in [0.2, 0.25) is 0 Å². The third kappa shape index (κ3) is 4.40. The molecule has 2 N–H and O–H groups in total. The average molecular weight is 304 g/mol. The minimum Gasteiger partial charge on any atom is -1.00 e. The van der Waals surface area contributed by atoms with E-state index in [2.05, 4.69) is 20.8 Å². The molecular weight excluding hydrogens is 283 g/mol. The van der Waals surface area contributed by atoms with Gasteiger partial charge in [-0.1, -0.05) is 32.9 Å². The molecule has 0 amide bonds. The molecule has 106 valence electrons. The monoisotopic (exact) mass is 304 g/mol. The van der Waals surface area contributed by atoms with Crippen LogP contribution in [0.2, 0.25) is 0 Å². The van der Waals surface area contributed by atoms with Crippen molar-refractivity contribution >= 4 is 11.9 Å². The van der Waals surface area contributed by atoms with Gasteiger partial charge in [-0.05, 0) is 41.5 Å². The Morgan fingerprint density at radius 3 is 1.65 bits per heavy atom. The van der Waals surface area contributed by atoms with Gasteiger partial charge in [-0.3, -0.25) is 9.59 Å². The number of aryl methyl sites for hydroxylation is 2. The van der Waals surface area contributed by atoms with Crippen LogP contribution in [0.25, 0.3) is 0 Å². The summed E-state index contributed by atoms with van der Waals surface area (Å²) in [6.07, 6.45) is 0. The van der Waals surface area contributed by atoms with Gasteiger partial charge >= 0.3 is 63.3 Å². The van der Waals surface area contributed by atoms with E-state index in [-0.39, 0.29) is 58.2 Å². The molecule has 1 rings (SSSR count). The van der Waals surface area contributed by atoms with Gasteiger partial charge in [0, 0.05) is 0 Å². The van der Waals surface area contributed by atoms with Crippen LogP contribution in [-0.2, 0) is 15.0 Å². The number of aliphatic carboxylic acids is 2. The van der Waals surface area contributed by atoms with Crippen molar-refractivity contribution in [3.63, 3.8) is 0 Å². The van der Waals surface area contributed by atoms with Crippen LogP contribution in [0, 0.1) is 13.8 Å². The van der Waals surface area contributed by atoms with E-state index < -0.39 is 17.9 Å². The van der Waals surface area contributed by atoms with Crippen molar-refractivity contribution < 1.29 is 72.6 Å². The van der Waals surface area contributed by atoms with Crippen LogP contribution in [0.5, 0.6) is 0 Å². The van der Waals surface area contributed by atoms with Gasteiger partial charge in [0.05, 0.1) is 0 Å². The SMILES string of the molecule is Cc1cc(C(C)(C)C)cc(C)c1C(C(=O)O)C(=O)O.[H-].[K+]. The largest absolute Gasteiger partial charge is 1.00 e. The first-order valence-corrected chi connectivity index (χ1v) is 6.13. The van der Waals surface area contributed by atoms with Crippen LogP contribution in [0.4, 0.5) is 0 Å². The van der Waals surface area contributed by atoms with Gasteiger partial charge in [-0.2, -0.15) is 0 Å². The van der Waals surface area contributed by atoms with Crippen molar-refractivity contribution in [3.05, 3.63) is 34.4 Å². The Labute approximate surface area is 163 Å². The van der Waals surface area contributed by atoms with Crippen LogP contribution in [-0.4, -0.2) is 22.2 Å². The van der Waals surface area contributed by atoms with Crippen LogP contribution in [0.15, 0.2) is 12.1 Å². The van der Waals surface area contributed by atoms with Crippen molar-refractivity contribution in [2.24, 2.45) is 0 Å². The number of carboxylic acids is 2. The zero-order valence-electron chi connectivity index (χ0n) is 13.9. The van der Waals surface area contributed by atoms with Gasteiger partial charge in [0.1, 0.15) is 0 Å². The number of hydrogen-bond acceptors (Lipinski definition) is 2. The van der Waals surface area contributed by atoms with E-state index in [0.29, 0.717) is 16.7 Å². The molecule has 0 fully saturated rings. The van der Waals surface area contributed by atoms with E-state index in [1.54, 1.807) is 13.8 Å². The minimum atomic E-state index is -1.51. The summed E-state index contributed by atoms with van der Waals surface area (Å²) in [6.45, 7) is 9.71. The van der Waals surface area contributed by atoms with Crippen LogP contribution >= 0.6 is 0 Å². The molecule has 0 aliphatic rings. The standard InChI is InChI=1S/C15H20O4.K.H/c1-8-6-10(15(3,4)5)7-9(2)11(8)12(13(16)17)14(18)19;;/h6-7,12H,1-5H3,(H,16,17)(H,18,19);;/q;+1;-1. The van der Waals surface area contributed by atoms with E-state index in [1.807, 2.05) is 12.1 Å². The van der Waals surface area contributed by atoms with Crippen molar-refractivity contribution in [1.82, 2.24) is 0 Å². The number of carbonyl (C=O) groups is 2. The maximum absolute atomic E-state index is 11.1. The van der Waals surface area contributed by atoms with E-state index >= 15 is 0 Å². The second-order valence-electron chi connectivity index (χ2n) is 5.88. The molecule has 0 spiro atoms. The Morgan fingerprint density at radius 2 is 1.40 bits per heavy atom. The van der Waals surface area contributed by atoms with Crippen LogP contribution in [0.1, 0.15) is 50.4 Å². The third-order valence-electron chi connectivity index (χ3n) is 3.24. The summed E-state index contributed by atoms with van der Waals surface area (Å²) < 4.78 is 0. The minimum absolute atomic E-state index is 0. The van der Waals surface area contributed by atoms with Crippen LogP contribution < -0.4 is 51.4 Å². The number of carboxylic acid groups (broad SMARTS) is 2. The predicted octanol–water partition coefficient (Wildman–Crippen LogP) is -0.0298. The molecule has 1 aromatic rings. The maximum atomic E-state index is 11.1. The number of hydrogen-bond donors (Lipinski definition) is 2. The third-order valence-corrected chi connectivity index (χ3v) is 3.24. The number of rotatable bonds is 3. The molecule has 0 aromatic heterocycles. The van der Waals surface area contributed by atoms with Gasteiger partial charge in [-0.25, -0.2) is 0 Å². The summed E-state index contributed by atoms with van der Waals surface area (Å²) in [5, 5.41) is 18.2. The summed E-state index contributed by atoms with van der Waals surface area (Å²) in [5.74, 6) is -4.17. The fraction of sp³-hybridized carbons (Fsp3) is 0.467. The first kappa shape index (κ1) is 19.8. The van der Waals surface area contributed by atoms with Gasteiger partial charge in [0.15, 0.2) is 5.92 Å². The van der Waals surface area contributed by atoms with E-state index in [4.69, 9.17) is 10.2 Å². The molecule has 0 saturated carbocycles. The first-order chi connectivity index (χ1) is 8.55. The topological polar surface area (TPSA) is 74.6 Å². The average Bonchev–Trinajstić information content (AvgIpc) is 2.20. The molecule has 0 heterocycles. The Hall–Kier alpha value is -0.204. The fourth-order valence-corrected chi connectivity index (χ4v) is 2.22. The van der Waals surface area contributed by atoms with Crippen molar-refractivity contribution in [2.45, 2.75) is 46.0 Å². The van der Waals surface area contributed by atoms with Gasteiger partial charge in [0.25, 0.3) is 0 Å². The molecule has 0 radical (unpaired) electrons. The van der Waals surface area contributed by atoms with Crippen molar-refractivity contribution in [3.8, 4) is 0 Å². The molecule has 0 saturated heterocycles. The van der Waals surface area contributed by atoms with Gasteiger partial charge in [-0.15, -0.1) is 0 Å². The smallest absolute Gasteiger partial charge is 1.00 e. The fourth-order valence-electron chi connectivity index (χ4n) is 2.22. The Morgan fingerprint density at radius 1 is 1.05 bits per heavy atom. The summed E-state index contributed by atoms with van der Waals surface area (Å²) in [5.41, 5.74) is 2.81. The molecule has 1 aromatic carbocycles. The molecule has 0 unspecified atom stereocenters. The molecule has 0 bridgehead atoms. The predicted molar refractivity (Wildman–Crippen MR) is 73.7 cm³/mol. The molecular formula is C15H21KO4. The zero-order chi connectivity index (χ0) is 15.0. The van der Waals surface area contributed by atoms with Crippen LogP contribution in [0.3, 0.4) is 0 Å². The Balaban J connectivity index is 0. The molecule has 20 heavy (non-hydrogen) atoms. The summed E-state index contributed by atoms with van der Waals surface area (Å²) in [6, 6.07) is 3.75. The molecule has 0 aliphatic carbocycles. The zero-order valence-corrected chi connectivity index (χ0v) is 16.1. The Kier molecular flexibility index (Phi) is 7.11. The molecule has 5 heteroatoms. The maximum Gasteiger partial charge on any atom is 1.00 e. The number of benzene rings is 1.